The van der Waals surface area contributed by atoms with Crippen LogP contribution in [0.2, 0.25) is 0 Å². The maximum Gasteiger partial charge on any atom is 0.224 e. The van der Waals surface area contributed by atoms with Crippen LogP contribution in [0.3, 0.4) is 0 Å². The van der Waals surface area contributed by atoms with E-state index in [1.165, 1.54) is 5.56 Å². The largest absolute Gasteiger partial charge is 0.392 e. The first-order valence-electron chi connectivity index (χ1n) is 10.0. The van der Waals surface area contributed by atoms with Gasteiger partial charge in [0.05, 0.1) is 17.6 Å². The number of benzene rings is 2. The summed E-state index contributed by atoms with van der Waals surface area (Å²) in [5, 5.41) is 9.15. The third-order valence-electron chi connectivity index (χ3n) is 5.76. The van der Waals surface area contributed by atoms with Gasteiger partial charge in [-0.3, -0.25) is 4.79 Å². The molecule has 1 aromatic heterocycles. The minimum atomic E-state index is 0.0810. The Labute approximate surface area is 165 Å². The number of imidazole rings is 1. The third kappa shape index (κ3) is 3.94. The first-order valence-corrected chi connectivity index (χ1v) is 10.0. The molecule has 0 bridgehead atoms. The molecule has 5 heteroatoms. The quantitative estimate of drug-likeness (QED) is 0.717. The van der Waals surface area contributed by atoms with Gasteiger partial charge in [0.15, 0.2) is 0 Å². The van der Waals surface area contributed by atoms with E-state index in [9.17, 15) is 4.79 Å². The fraction of sp³-hybridized carbons (Fsp3) is 0.391. The topological polar surface area (TPSA) is 58.4 Å². The lowest BCUT2D eigenvalue weighted by atomic mass is 9.98. The summed E-state index contributed by atoms with van der Waals surface area (Å²) in [6.07, 6.45) is 2.56. The van der Waals surface area contributed by atoms with Crippen LogP contribution in [-0.2, 0) is 24.4 Å². The normalized spacial score (nSPS) is 16.8. The van der Waals surface area contributed by atoms with Crippen LogP contribution in [0.15, 0.2) is 48.5 Å². The van der Waals surface area contributed by atoms with Crippen LogP contribution in [0, 0.1) is 12.8 Å². The molecule has 3 aromatic rings. The molecule has 1 fully saturated rings. The predicted molar refractivity (Wildman–Crippen MR) is 110 cm³/mol. The minimum absolute atomic E-state index is 0.0810. The number of aliphatic hydroxyl groups excluding tert-OH is 1. The summed E-state index contributed by atoms with van der Waals surface area (Å²) < 4.78 is 2.14. The molecule has 1 atom stereocenters. The van der Waals surface area contributed by atoms with Crippen molar-refractivity contribution >= 4 is 16.9 Å². The maximum atomic E-state index is 12.7. The van der Waals surface area contributed by atoms with Crippen molar-refractivity contribution in [1.82, 2.24) is 14.5 Å². The van der Waals surface area contributed by atoms with Gasteiger partial charge in [-0.15, -0.1) is 0 Å². The zero-order chi connectivity index (χ0) is 19.5. The summed E-state index contributed by atoms with van der Waals surface area (Å²) in [4.78, 5) is 19.3. The summed E-state index contributed by atoms with van der Waals surface area (Å²) in [6, 6.07) is 16.2. The number of rotatable bonds is 6. The second-order valence-electron chi connectivity index (χ2n) is 7.72. The minimum Gasteiger partial charge on any atom is -0.392 e. The molecule has 146 valence electrons. The van der Waals surface area contributed by atoms with Crippen molar-refractivity contribution in [2.24, 2.45) is 5.92 Å². The Bertz CT molecular complexity index is 962. The maximum absolute atomic E-state index is 12.7. The van der Waals surface area contributed by atoms with Crippen molar-refractivity contribution in [2.45, 2.75) is 39.3 Å². The van der Waals surface area contributed by atoms with Crippen LogP contribution in [0.1, 0.15) is 29.8 Å². The average Bonchev–Trinajstić information content (AvgIpc) is 3.30. The molecule has 0 radical (unpaired) electrons. The molecular formula is C23H27N3O2. The molecule has 4 rings (SSSR count). The molecule has 1 unspecified atom stereocenters. The summed E-state index contributed by atoms with van der Waals surface area (Å²) >= 11 is 0. The number of para-hydroxylation sites is 2. The number of aliphatic hydroxyl groups is 1. The van der Waals surface area contributed by atoms with Gasteiger partial charge in [-0.1, -0.05) is 36.4 Å². The lowest BCUT2D eigenvalue weighted by Gasteiger charge is -2.17. The number of hydrogen-bond donors (Lipinski definition) is 1. The van der Waals surface area contributed by atoms with Gasteiger partial charge in [-0.2, -0.15) is 0 Å². The van der Waals surface area contributed by atoms with E-state index in [2.05, 4.69) is 27.8 Å². The van der Waals surface area contributed by atoms with Crippen molar-refractivity contribution in [3.8, 4) is 0 Å². The van der Waals surface area contributed by atoms with E-state index in [0.717, 1.165) is 48.4 Å². The molecule has 2 heterocycles. The number of fused-ring (bicyclic) bond motifs is 1. The van der Waals surface area contributed by atoms with Crippen LogP contribution in [0.25, 0.3) is 11.0 Å². The Kier molecular flexibility index (Phi) is 5.44. The fourth-order valence-electron chi connectivity index (χ4n) is 4.18. The summed E-state index contributed by atoms with van der Waals surface area (Å²) in [6.45, 7) is 4.44. The molecule has 1 amide bonds. The van der Waals surface area contributed by atoms with Gasteiger partial charge in [0.2, 0.25) is 5.91 Å². The van der Waals surface area contributed by atoms with Crippen molar-refractivity contribution in [3.05, 3.63) is 65.5 Å². The SMILES string of the molecule is Cc1nc2ccccc2n1CCC(=O)N1CCC(Cc2ccc(CO)cc2)C1. The Morgan fingerprint density at radius 2 is 1.89 bits per heavy atom. The highest BCUT2D eigenvalue weighted by Gasteiger charge is 2.26. The molecule has 0 aliphatic carbocycles. The van der Waals surface area contributed by atoms with E-state index >= 15 is 0 Å². The lowest BCUT2D eigenvalue weighted by Crippen LogP contribution is -2.29. The highest BCUT2D eigenvalue weighted by atomic mass is 16.3. The van der Waals surface area contributed by atoms with Gasteiger partial charge < -0.3 is 14.6 Å². The van der Waals surface area contributed by atoms with E-state index in [-0.39, 0.29) is 12.5 Å². The van der Waals surface area contributed by atoms with Crippen LogP contribution >= 0.6 is 0 Å². The van der Waals surface area contributed by atoms with Crippen LogP contribution in [0.5, 0.6) is 0 Å². The molecule has 0 spiro atoms. The van der Waals surface area contributed by atoms with E-state index in [4.69, 9.17) is 5.11 Å². The molecule has 1 saturated heterocycles. The number of aryl methyl sites for hydroxylation is 2. The van der Waals surface area contributed by atoms with Gasteiger partial charge >= 0.3 is 0 Å². The van der Waals surface area contributed by atoms with E-state index in [1.807, 2.05) is 42.2 Å². The number of likely N-dealkylation sites (tertiary alicyclic amines) is 1. The van der Waals surface area contributed by atoms with Gasteiger partial charge in [-0.05, 0) is 48.9 Å². The van der Waals surface area contributed by atoms with Crippen molar-refractivity contribution < 1.29 is 9.90 Å². The first-order chi connectivity index (χ1) is 13.6. The molecular weight excluding hydrogens is 350 g/mol. The number of carbonyl (C=O) groups is 1. The molecule has 1 aliphatic rings. The van der Waals surface area contributed by atoms with Crippen LogP contribution < -0.4 is 0 Å². The number of amides is 1. The van der Waals surface area contributed by atoms with Crippen molar-refractivity contribution in [3.63, 3.8) is 0 Å². The van der Waals surface area contributed by atoms with Crippen LogP contribution in [-0.4, -0.2) is 38.6 Å². The summed E-state index contributed by atoms with van der Waals surface area (Å²) in [5.41, 5.74) is 4.30. The lowest BCUT2D eigenvalue weighted by molar-refractivity contribution is -0.130. The van der Waals surface area contributed by atoms with Crippen LogP contribution in [0.4, 0.5) is 0 Å². The highest BCUT2D eigenvalue weighted by Crippen LogP contribution is 2.22. The molecule has 2 aromatic carbocycles. The first kappa shape index (κ1) is 18.7. The van der Waals surface area contributed by atoms with E-state index < -0.39 is 0 Å². The molecule has 28 heavy (non-hydrogen) atoms. The van der Waals surface area contributed by atoms with E-state index in [0.29, 0.717) is 18.9 Å². The van der Waals surface area contributed by atoms with Crippen molar-refractivity contribution in [2.75, 3.05) is 13.1 Å². The summed E-state index contributed by atoms with van der Waals surface area (Å²) in [5.74, 6) is 1.70. The van der Waals surface area contributed by atoms with Crippen molar-refractivity contribution in [1.29, 1.82) is 0 Å². The second kappa shape index (κ2) is 8.15. The molecule has 1 aliphatic heterocycles. The number of carbonyl (C=O) groups excluding carboxylic acids is 1. The van der Waals surface area contributed by atoms with Gasteiger partial charge in [0.25, 0.3) is 0 Å². The second-order valence-corrected chi connectivity index (χ2v) is 7.72. The Balaban J connectivity index is 1.32. The van der Waals surface area contributed by atoms with Gasteiger partial charge in [0, 0.05) is 26.1 Å². The number of hydrogen-bond acceptors (Lipinski definition) is 3. The Hall–Kier alpha value is -2.66. The number of aromatic nitrogens is 2. The molecule has 0 saturated carbocycles. The Morgan fingerprint density at radius 3 is 2.68 bits per heavy atom. The third-order valence-corrected chi connectivity index (χ3v) is 5.76. The summed E-state index contributed by atoms with van der Waals surface area (Å²) in [7, 11) is 0. The van der Waals surface area contributed by atoms with E-state index in [1.54, 1.807) is 0 Å². The van der Waals surface area contributed by atoms with Gasteiger partial charge in [0.1, 0.15) is 5.82 Å². The average molecular weight is 377 g/mol. The van der Waals surface area contributed by atoms with Gasteiger partial charge in [-0.25, -0.2) is 4.98 Å². The zero-order valence-corrected chi connectivity index (χ0v) is 16.3. The number of nitrogens with zero attached hydrogens (tertiary/aromatic N) is 3. The smallest absolute Gasteiger partial charge is 0.224 e. The zero-order valence-electron chi connectivity index (χ0n) is 16.3. The monoisotopic (exact) mass is 377 g/mol. The fourth-order valence-corrected chi connectivity index (χ4v) is 4.18. The predicted octanol–water partition coefficient (Wildman–Crippen LogP) is 3.32. The molecule has 5 nitrogen and oxygen atoms in total. The highest BCUT2D eigenvalue weighted by molar-refractivity contribution is 5.78. The standard InChI is InChI=1S/C23H27N3O2/c1-17-24-21-4-2-3-5-22(21)26(17)13-11-23(28)25-12-10-20(15-25)14-18-6-8-19(16-27)9-7-18/h2-9,20,27H,10-16H2,1H3. The Morgan fingerprint density at radius 1 is 1.14 bits per heavy atom. The molecule has 1 N–H and O–H groups in total.